The van der Waals surface area contributed by atoms with E-state index in [1.54, 1.807) is 6.20 Å². The van der Waals surface area contributed by atoms with Gasteiger partial charge in [0.05, 0.1) is 0 Å². The number of nitrogens with one attached hydrogen (secondary N) is 2. The van der Waals surface area contributed by atoms with Crippen molar-refractivity contribution in [1.82, 2.24) is 15.5 Å². The van der Waals surface area contributed by atoms with Gasteiger partial charge < -0.3 is 5.32 Å². The predicted octanol–water partition coefficient (Wildman–Crippen LogP) is 2.96. The lowest BCUT2D eigenvalue weighted by atomic mass is 10.0. The minimum Gasteiger partial charge on any atom is -0.304 e. The molecule has 0 saturated carbocycles. The van der Waals surface area contributed by atoms with Crippen LogP contribution in [0.25, 0.3) is 0 Å². The number of benzene rings is 1. The summed E-state index contributed by atoms with van der Waals surface area (Å²) in [7, 11) is 0. The second kappa shape index (κ2) is 5.64. The lowest BCUT2D eigenvalue weighted by Crippen LogP contribution is -2.20. The third-order valence-electron chi connectivity index (χ3n) is 2.99. The van der Waals surface area contributed by atoms with Crippen molar-refractivity contribution >= 4 is 0 Å². The van der Waals surface area contributed by atoms with Crippen LogP contribution in [0.2, 0.25) is 0 Å². The van der Waals surface area contributed by atoms with Gasteiger partial charge in [-0.25, -0.2) is 0 Å². The van der Waals surface area contributed by atoms with Crippen molar-refractivity contribution in [3.63, 3.8) is 0 Å². The zero-order valence-electron chi connectivity index (χ0n) is 10.4. The van der Waals surface area contributed by atoms with Crippen molar-refractivity contribution in [3.05, 3.63) is 53.3 Å². The molecular formula is C14H19N3. The summed E-state index contributed by atoms with van der Waals surface area (Å²) in [4.78, 5) is 0. The molecule has 3 heteroatoms. The molecule has 0 aliphatic rings. The first-order valence-electron chi connectivity index (χ1n) is 6.07. The van der Waals surface area contributed by atoms with Crippen LogP contribution in [-0.2, 0) is 6.54 Å². The molecule has 1 aromatic heterocycles. The molecule has 0 aliphatic carbocycles. The minimum absolute atomic E-state index is 0.402. The summed E-state index contributed by atoms with van der Waals surface area (Å²) in [6.45, 7) is 5.14. The zero-order chi connectivity index (χ0) is 12.1. The fourth-order valence-electron chi connectivity index (χ4n) is 1.91. The SMILES string of the molecule is CCC(NCc1ccn[nH]1)c1ccc(C)cc1. The number of aromatic nitrogens is 2. The first-order valence-corrected chi connectivity index (χ1v) is 6.07. The monoisotopic (exact) mass is 229 g/mol. The Labute approximate surface area is 102 Å². The van der Waals surface area contributed by atoms with E-state index in [0.29, 0.717) is 6.04 Å². The third kappa shape index (κ3) is 3.17. The van der Waals surface area contributed by atoms with Crippen LogP contribution in [0.3, 0.4) is 0 Å². The smallest absolute Gasteiger partial charge is 0.0490 e. The highest BCUT2D eigenvalue weighted by Crippen LogP contribution is 2.17. The van der Waals surface area contributed by atoms with Crippen molar-refractivity contribution in [3.8, 4) is 0 Å². The molecule has 17 heavy (non-hydrogen) atoms. The van der Waals surface area contributed by atoms with E-state index in [4.69, 9.17) is 0 Å². The Morgan fingerprint density at radius 1 is 1.24 bits per heavy atom. The van der Waals surface area contributed by atoms with E-state index in [-0.39, 0.29) is 0 Å². The number of hydrogen-bond acceptors (Lipinski definition) is 2. The van der Waals surface area contributed by atoms with Crippen molar-refractivity contribution in [1.29, 1.82) is 0 Å². The summed E-state index contributed by atoms with van der Waals surface area (Å²) in [6, 6.07) is 11.1. The summed E-state index contributed by atoms with van der Waals surface area (Å²) >= 11 is 0. The highest BCUT2D eigenvalue weighted by atomic mass is 15.1. The Balaban J connectivity index is 1.99. The fraction of sp³-hybridized carbons (Fsp3) is 0.357. The molecule has 1 aromatic carbocycles. The van der Waals surface area contributed by atoms with Crippen LogP contribution >= 0.6 is 0 Å². The number of hydrogen-bond donors (Lipinski definition) is 2. The maximum atomic E-state index is 3.95. The second-order valence-corrected chi connectivity index (χ2v) is 4.33. The van der Waals surface area contributed by atoms with Crippen LogP contribution in [0.1, 0.15) is 36.2 Å². The summed E-state index contributed by atoms with van der Waals surface area (Å²) < 4.78 is 0. The Morgan fingerprint density at radius 2 is 2.00 bits per heavy atom. The van der Waals surface area contributed by atoms with Gasteiger partial charge in [0.15, 0.2) is 0 Å². The molecule has 0 bridgehead atoms. The quantitative estimate of drug-likeness (QED) is 0.827. The van der Waals surface area contributed by atoms with Crippen LogP contribution in [0, 0.1) is 6.92 Å². The van der Waals surface area contributed by atoms with Crippen LogP contribution in [0.4, 0.5) is 0 Å². The van der Waals surface area contributed by atoms with Gasteiger partial charge >= 0.3 is 0 Å². The fourth-order valence-corrected chi connectivity index (χ4v) is 1.91. The zero-order valence-corrected chi connectivity index (χ0v) is 10.4. The molecule has 0 fully saturated rings. The number of rotatable bonds is 5. The first kappa shape index (κ1) is 11.9. The van der Waals surface area contributed by atoms with E-state index in [9.17, 15) is 0 Å². The predicted molar refractivity (Wildman–Crippen MR) is 69.6 cm³/mol. The van der Waals surface area contributed by atoms with Gasteiger partial charge in [-0.05, 0) is 25.0 Å². The molecule has 0 aliphatic heterocycles. The van der Waals surface area contributed by atoms with Gasteiger partial charge in [0.1, 0.15) is 0 Å². The molecule has 0 spiro atoms. The topological polar surface area (TPSA) is 40.7 Å². The number of aryl methyl sites for hydroxylation is 1. The van der Waals surface area contributed by atoms with Crippen LogP contribution in [0.5, 0.6) is 0 Å². The highest BCUT2D eigenvalue weighted by molar-refractivity contribution is 5.24. The van der Waals surface area contributed by atoms with E-state index in [1.165, 1.54) is 11.1 Å². The van der Waals surface area contributed by atoms with Crippen LogP contribution in [0.15, 0.2) is 36.5 Å². The lowest BCUT2D eigenvalue weighted by Gasteiger charge is -2.17. The molecule has 1 atom stereocenters. The lowest BCUT2D eigenvalue weighted by molar-refractivity contribution is 0.514. The Bertz CT molecular complexity index is 431. The first-order chi connectivity index (χ1) is 8.29. The van der Waals surface area contributed by atoms with E-state index >= 15 is 0 Å². The van der Waals surface area contributed by atoms with Crippen LogP contribution < -0.4 is 5.32 Å². The molecule has 0 saturated heterocycles. The van der Waals surface area contributed by atoms with Gasteiger partial charge in [0.25, 0.3) is 0 Å². The summed E-state index contributed by atoms with van der Waals surface area (Å²) in [6.07, 6.45) is 2.86. The minimum atomic E-state index is 0.402. The Hall–Kier alpha value is -1.61. The molecule has 3 nitrogen and oxygen atoms in total. The van der Waals surface area contributed by atoms with Crippen molar-refractivity contribution in [2.75, 3.05) is 0 Å². The van der Waals surface area contributed by atoms with Gasteiger partial charge in [-0.15, -0.1) is 0 Å². The van der Waals surface area contributed by atoms with Gasteiger partial charge in [0, 0.05) is 24.5 Å². The molecule has 2 N–H and O–H groups in total. The molecular weight excluding hydrogens is 210 g/mol. The second-order valence-electron chi connectivity index (χ2n) is 4.33. The molecule has 90 valence electrons. The Kier molecular flexibility index (Phi) is 3.94. The summed E-state index contributed by atoms with van der Waals surface area (Å²) in [5.74, 6) is 0. The Morgan fingerprint density at radius 3 is 2.59 bits per heavy atom. The van der Waals surface area contributed by atoms with E-state index in [1.807, 2.05) is 6.07 Å². The summed E-state index contributed by atoms with van der Waals surface area (Å²) in [5, 5.41) is 10.4. The average Bonchev–Trinajstić information content (AvgIpc) is 2.85. The maximum absolute atomic E-state index is 3.95. The number of nitrogens with zero attached hydrogens (tertiary/aromatic N) is 1. The molecule has 1 unspecified atom stereocenters. The van der Waals surface area contributed by atoms with Crippen molar-refractivity contribution < 1.29 is 0 Å². The maximum Gasteiger partial charge on any atom is 0.0490 e. The highest BCUT2D eigenvalue weighted by Gasteiger charge is 2.08. The van der Waals surface area contributed by atoms with Crippen LogP contribution in [-0.4, -0.2) is 10.2 Å². The molecule has 2 rings (SSSR count). The van der Waals surface area contributed by atoms with Gasteiger partial charge in [-0.2, -0.15) is 5.10 Å². The molecule has 1 heterocycles. The van der Waals surface area contributed by atoms with Gasteiger partial charge in [-0.1, -0.05) is 36.8 Å². The number of aromatic amines is 1. The van der Waals surface area contributed by atoms with E-state index in [2.05, 4.69) is 53.6 Å². The molecule has 0 amide bonds. The van der Waals surface area contributed by atoms with Gasteiger partial charge in [-0.3, -0.25) is 5.10 Å². The normalized spacial score (nSPS) is 12.6. The van der Waals surface area contributed by atoms with Gasteiger partial charge in [0.2, 0.25) is 0 Å². The summed E-state index contributed by atoms with van der Waals surface area (Å²) in [5.41, 5.74) is 3.77. The number of H-pyrrole nitrogens is 1. The van der Waals surface area contributed by atoms with Crippen molar-refractivity contribution in [2.24, 2.45) is 0 Å². The van der Waals surface area contributed by atoms with E-state index < -0.39 is 0 Å². The van der Waals surface area contributed by atoms with Crippen molar-refractivity contribution in [2.45, 2.75) is 32.9 Å². The van der Waals surface area contributed by atoms with E-state index in [0.717, 1.165) is 18.7 Å². The molecule has 0 radical (unpaired) electrons. The molecule has 2 aromatic rings. The standard InChI is InChI=1S/C14H19N3/c1-3-14(12-6-4-11(2)5-7-12)15-10-13-8-9-16-17-13/h4-9,14-15H,3,10H2,1-2H3,(H,16,17). The largest absolute Gasteiger partial charge is 0.304 e. The average molecular weight is 229 g/mol. The third-order valence-corrected chi connectivity index (χ3v) is 2.99.